The van der Waals surface area contributed by atoms with Crippen molar-refractivity contribution in [3.63, 3.8) is 0 Å². The van der Waals surface area contributed by atoms with Crippen molar-refractivity contribution in [3.05, 3.63) is 72.3 Å². The summed E-state index contributed by atoms with van der Waals surface area (Å²) in [7, 11) is -6.20. The van der Waals surface area contributed by atoms with E-state index in [4.69, 9.17) is 15.2 Å². The maximum absolute atomic E-state index is 13.8. The zero-order valence-corrected chi connectivity index (χ0v) is 20.1. The standard InChI is InChI=1S/C24H22N2O6S2/c1-31-22-12-15(8-11-23(22)33(2,27)28)21-13-18-20(10-9-17-19(25)14-32-24(17)18)26(21)34(29,30)16-6-4-3-5-7-16/h3-13,19H,14,25H2,1-2H3. The van der Waals surface area contributed by atoms with Gasteiger partial charge in [-0.2, -0.15) is 0 Å². The second kappa shape index (κ2) is 7.86. The van der Waals surface area contributed by atoms with Gasteiger partial charge in [0.25, 0.3) is 10.0 Å². The molecule has 2 N–H and O–H groups in total. The summed E-state index contributed by atoms with van der Waals surface area (Å²) in [5.74, 6) is 0.672. The molecule has 0 bridgehead atoms. The van der Waals surface area contributed by atoms with E-state index in [1.54, 1.807) is 42.5 Å². The Balaban J connectivity index is 1.85. The van der Waals surface area contributed by atoms with E-state index in [2.05, 4.69) is 0 Å². The van der Waals surface area contributed by atoms with Crippen LogP contribution in [0.3, 0.4) is 0 Å². The van der Waals surface area contributed by atoms with E-state index in [0.717, 1.165) is 11.8 Å². The number of rotatable bonds is 5. The first-order valence-electron chi connectivity index (χ1n) is 10.4. The number of ether oxygens (including phenoxy) is 2. The highest BCUT2D eigenvalue weighted by molar-refractivity contribution is 7.91. The molecule has 0 fully saturated rings. The van der Waals surface area contributed by atoms with Crippen LogP contribution >= 0.6 is 0 Å². The maximum atomic E-state index is 13.8. The third-order valence-corrected chi connectivity index (χ3v) is 8.75. The minimum Gasteiger partial charge on any atom is -0.495 e. The summed E-state index contributed by atoms with van der Waals surface area (Å²) in [6.45, 7) is 0.303. The lowest BCUT2D eigenvalue weighted by Gasteiger charge is -2.14. The van der Waals surface area contributed by atoms with Gasteiger partial charge in [-0.25, -0.2) is 20.8 Å². The number of methoxy groups -OCH3 is 1. The molecule has 1 aliphatic heterocycles. The van der Waals surface area contributed by atoms with Crippen LogP contribution < -0.4 is 15.2 Å². The number of nitrogens with zero attached hydrogens (tertiary/aromatic N) is 1. The van der Waals surface area contributed by atoms with Crippen LogP contribution in [0.1, 0.15) is 11.6 Å². The molecule has 0 saturated heterocycles. The summed E-state index contributed by atoms with van der Waals surface area (Å²) in [4.78, 5) is 0.133. The molecular weight excluding hydrogens is 476 g/mol. The number of hydrogen-bond acceptors (Lipinski definition) is 7. The van der Waals surface area contributed by atoms with E-state index in [0.29, 0.717) is 34.5 Å². The molecule has 4 aromatic rings. The van der Waals surface area contributed by atoms with E-state index in [-0.39, 0.29) is 21.6 Å². The van der Waals surface area contributed by atoms with Crippen molar-refractivity contribution >= 4 is 30.8 Å². The van der Waals surface area contributed by atoms with Gasteiger partial charge in [0, 0.05) is 22.8 Å². The molecule has 5 rings (SSSR count). The van der Waals surface area contributed by atoms with Crippen LogP contribution in [-0.2, 0) is 19.9 Å². The highest BCUT2D eigenvalue weighted by Crippen LogP contribution is 2.43. The van der Waals surface area contributed by atoms with Crippen molar-refractivity contribution in [2.75, 3.05) is 20.0 Å². The topological polar surface area (TPSA) is 118 Å². The molecule has 3 aromatic carbocycles. The van der Waals surface area contributed by atoms with Gasteiger partial charge >= 0.3 is 0 Å². The van der Waals surface area contributed by atoms with Gasteiger partial charge in [-0.3, -0.25) is 0 Å². The summed E-state index contributed by atoms with van der Waals surface area (Å²) in [6, 6.07) is 17.5. The molecule has 34 heavy (non-hydrogen) atoms. The first-order chi connectivity index (χ1) is 16.1. The highest BCUT2D eigenvalue weighted by atomic mass is 32.2. The molecule has 1 aromatic heterocycles. The second-order valence-corrected chi connectivity index (χ2v) is 11.9. The van der Waals surface area contributed by atoms with E-state index in [9.17, 15) is 16.8 Å². The second-order valence-electron chi connectivity index (χ2n) is 8.08. The average molecular weight is 499 g/mol. The van der Waals surface area contributed by atoms with Gasteiger partial charge in [-0.1, -0.05) is 30.3 Å². The van der Waals surface area contributed by atoms with Crippen LogP contribution in [-0.4, -0.2) is 40.8 Å². The predicted octanol–water partition coefficient (Wildman–Crippen LogP) is 3.35. The van der Waals surface area contributed by atoms with Crippen LogP contribution in [0.2, 0.25) is 0 Å². The van der Waals surface area contributed by atoms with Crippen molar-refractivity contribution < 1.29 is 26.3 Å². The van der Waals surface area contributed by atoms with Crippen molar-refractivity contribution in [2.45, 2.75) is 15.8 Å². The lowest BCUT2D eigenvalue weighted by Crippen LogP contribution is -2.14. The van der Waals surface area contributed by atoms with Crippen LogP contribution in [0.4, 0.5) is 0 Å². The molecule has 1 unspecified atom stereocenters. The lowest BCUT2D eigenvalue weighted by atomic mass is 10.1. The van der Waals surface area contributed by atoms with Gasteiger partial charge in [0.05, 0.1) is 29.3 Å². The monoisotopic (exact) mass is 498 g/mol. The quantitative estimate of drug-likeness (QED) is 0.448. The number of fused-ring (bicyclic) bond motifs is 3. The lowest BCUT2D eigenvalue weighted by molar-refractivity contribution is 0.336. The number of aromatic nitrogens is 1. The molecule has 8 nitrogen and oxygen atoms in total. The Bertz CT molecular complexity index is 1640. The number of nitrogens with two attached hydrogens (primary N) is 1. The van der Waals surface area contributed by atoms with Crippen molar-refractivity contribution in [1.29, 1.82) is 0 Å². The van der Waals surface area contributed by atoms with E-state index >= 15 is 0 Å². The molecular formula is C24H22N2O6S2. The van der Waals surface area contributed by atoms with Gasteiger partial charge in [-0.05, 0) is 36.4 Å². The number of benzene rings is 3. The first kappa shape index (κ1) is 22.5. The molecule has 0 amide bonds. The minimum absolute atomic E-state index is 0.0162. The normalized spacial score (nSPS) is 15.8. The molecule has 0 saturated carbocycles. The molecule has 10 heteroatoms. The van der Waals surface area contributed by atoms with Crippen LogP contribution in [0, 0.1) is 0 Å². The summed E-state index contributed by atoms with van der Waals surface area (Å²) < 4.78 is 64.4. The van der Waals surface area contributed by atoms with Gasteiger partial charge < -0.3 is 15.2 Å². The van der Waals surface area contributed by atoms with Crippen LogP contribution in [0.25, 0.3) is 22.2 Å². The molecule has 2 heterocycles. The summed E-state index contributed by atoms with van der Waals surface area (Å²) in [5, 5.41) is 0.603. The van der Waals surface area contributed by atoms with Gasteiger partial charge in [0.15, 0.2) is 9.84 Å². The molecule has 1 aliphatic rings. The molecule has 0 spiro atoms. The summed E-state index contributed by atoms with van der Waals surface area (Å²) >= 11 is 0. The molecule has 1 atom stereocenters. The van der Waals surface area contributed by atoms with E-state index in [1.165, 1.54) is 35.3 Å². The Kier molecular flexibility index (Phi) is 5.19. The zero-order chi connectivity index (χ0) is 24.3. The number of hydrogen-bond donors (Lipinski definition) is 1. The fourth-order valence-corrected chi connectivity index (χ4v) is 6.62. The smallest absolute Gasteiger partial charge is 0.268 e. The third kappa shape index (κ3) is 3.46. The minimum atomic E-state index is -4.02. The highest BCUT2D eigenvalue weighted by Gasteiger charge is 2.30. The van der Waals surface area contributed by atoms with Gasteiger partial charge in [0.2, 0.25) is 0 Å². The van der Waals surface area contributed by atoms with Gasteiger partial charge in [-0.15, -0.1) is 0 Å². The Morgan fingerprint density at radius 2 is 1.74 bits per heavy atom. The molecule has 176 valence electrons. The fourth-order valence-electron chi connectivity index (χ4n) is 4.25. The number of sulfone groups is 1. The van der Waals surface area contributed by atoms with Gasteiger partial charge in [0.1, 0.15) is 23.0 Å². The van der Waals surface area contributed by atoms with Crippen molar-refractivity contribution in [3.8, 4) is 22.8 Å². The Morgan fingerprint density at radius 3 is 2.41 bits per heavy atom. The molecule has 0 aliphatic carbocycles. The van der Waals surface area contributed by atoms with Crippen LogP contribution in [0.5, 0.6) is 11.5 Å². The van der Waals surface area contributed by atoms with Crippen molar-refractivity contribution in [2.24, 2.45) is 5.73 Å². The predicted molar refractivity (Wildman–Crippen MR) is 128 cm³/mol. The average Bonchev–Trinajstić information content (AvgIpc) is 3.39. The van der Waals surface area contributed by atoms with E-state index < -0.39 is 19.9 Å². The first-order valence-corrected chi connectivity index (χ1v) is 13.7. The SMILES string of the molecule is COc1cc(-c2cc3c4c(ccc3n2S(=O)(=O)c2ccccc2)C(N)CO4)ccc1S(C)(=O)=O. The van der Waals surface area contributed by atoms with E-state index in [1.807, 2.05) is 0 Å². The summed E-state index contributed by atoms with van der Waals surface area (Å²) in [5.41, 5.74) is 8.19. The third-order valence-electron chi connectivity index (χ3n) is 5.87. The molecule has 0 radical (unpaired) electrons. The van der Waals surface area contributed by atoms with Crippen LogP contribution in [0.15, 0.2) is 76.5 Å². The largest absolute Gasteiger partial charge is 0.495 e. The Morgan fingerprint density at radius 1 is 1.00 bits per heavy atom. The summed E-state index contributed by atoms with van der Waals surface area (Å²) in [6.07, 6.45) is 1.09. The maximum Gasteiger partial charge on any atom is 0.268 e. The van der Waals surface area contributed by atoms with Crippen molar-refractivity contribution in [1.82, 2.24) is 3.97 Å². The Hall–Kier alpha value is -3.34. The zero-order valence-electron chi connectivity index (χ0n) is 18.4. The Labute approximate surface area is 197 Å². The fraction of sp³-hybridized carbons (Fsp3) is 0.167.